The van der Waals surface area contributed by atoms with Crippen LogP contribution in [0.5, 0.6) is 0 Å². The van der Waals surface area contributed by atoms with Crippen LogP contribution >= 0.6 is 0 Å². The van der Waals surface area contributed by atoms with Gasteiger partial charge in [0.1, 0.15) is 31.5 Å². The number of benzene rings is 3. The van der Waals surface area contributed by atoms with Gasteiger partial charge in [0, 0.05) is 32.5 Å². The van der Waals surface area contributed by atoms with Crippen molar-refractivity contribution in [3.8, 4) is 0 Å². The number of carbonyl (C=O) groups excluding carboxylic acids is 6. The topological polar surface area (TPSA) is 258 Å². The van der Waals surface area contributed by atoms with Crippen molar-refractivity contribution in [2.75, 3.05) is 14.2 Å². The Bertz CT molecular complexity index is 2650. The molecule has 0 saturated carbocycles. The maximum Gasteiger partial charge on any atom is 0.509 e. The van der Waals surface area contributed by atoms with Crippen LogP contribution < -0.4 is 5.32 Å². The summed E-state index contributed by atoms with van der Waals surface area (Å²) in [5.41, 5.74) is -2.80. The average Bonchev–Trinajstić information content (AvgIpc) is 3.66. The second kappa shape index (κ2) is 27.9. The molecule has 2 amide bonds. The van der Waals surface area contributed by atoms with Gasteiger partial charge in [0.25, 0.3) is 0 Å². The third-order valence-electron chi connectivity index (χ3n) is 16.3. The van der Waals surface area contributed by atoms with Crippen molar-refractivity contribution < 1.29 is 95.5 Å². The Kier molecular flexibility index (Phi) is 21.5. The molecular weight excluding hydrogens is 1080 g/mol. The van der Waals surface area contributed by atoms with Crippen molar-refractivity contribution in [2.24, 2.45) is 17.8 Å². The number of ether oxygens (including phenoxy) is 13. The summed E-state index contributed by atoms with van der Waals surface area (Å²) in [5, 5.41) is 16.1. The number of likely N-dealkylation sites (N-methyl/N-ethyl adjacent to an activating group) is 1. The van der Waals surface area contributed by atoms with Crippen molar-refractivity contribution in [1.29, 1.82) is 0 Å². The number of nitrogens with zero attached hydrogens (tertiary/aromatic N) is 1. The number of hydrogen-bond acceptors (Lipinski definition) is 20. The molecule has 0 spiro atoms. The first kappa shape index (κ1) is 64.0. The maximum absolute atomic E-state index is 15.0. The molecule has 83 heavy (non-hydrogen) atoms. The number of fused-ring (bicyclic) bond motifs is 1. The highest BCUT2D eigenvalue weighted by molar-refractivity contribution is 5.80. The van der Waals surface area contributed by atoms with Gasteiger partial charge in [-0.2, -0.15) is 0 Å². The van der Waals surface area contributed by atoms with Gasteiger partial charge in [-0.05, 0) is 91.3 Å². The second-order valence-electron chi connectivity index (χ2n) is 22.9. The third-order valence-corrected chi connectivity index (χ3v) is 16.3. The number of nitrogens with one attached hydrogen (secondary N) is 1. The lowest BCUT2D eigenvalue weighted by Crippen LogP contribution is -2.62. The maximum atomic E-state index is 15.0. The van der Waals surface area contributed by atoms with E-state index in [0.717, 1.165) is 11.1 Å². The van der Waals surface area contributed by atoms with Gasteiger partial charge < -0.3 is 76.9 Å². The molecule has 7 rings (SSSR count). The van der Waals surface area contributed by atoms with Gasteiger partial charge in [0.15, 0.2) is 36.5 Å². The van der Waals surface area contributed by atoms with Crippen LogP contribution in [0.3, 0.4) is 0 Å². The minimum atomic E-state index is -2.01. The Balaban J connectivity index is 1.27. The molecule has 4 aliphatic heterocycles. The molecule has 3 aromatic carbocycles. The molecule has 2 N–H and O–H groups in total. The van der Waals surface area contributed by atoms with E-state index in [-0.39, 0.29) is 45.5 Å². The monoisotopic (exact) mass is 1160 g/mol. The van der Waals surface area contributed by atoms with Crippen molar-refractivity contribution in [3.63, 3.8) is 0 Å². The van der Waals surface area contributed by atoms with Crippen LogP contribution in [0.2, 0.25) is 0 Å². The lowest BCUT2D eigenvalue weighted by molar-refractivity contribution is -0.318. The molecule has 0 radical (unpaired) electrons. The first-order valence-electron chi connectivity index (χ1n) is 28.3. The number of amides is 2. The van der Waals surface area contributed by atoms with E-state index in [0.29, 0.717) is 5.56 Å². The quantitative estimate of drug-likeness (QED) is 0.106. The van der Waals surface area contributed by atoms with Gasteiger partial charge in [0.05, 0.1) is 47.9 Å². The normalized spacial score (nSPS) is 35.0. The molecule has 22 heteroatoms. The summed E-state index contributed by atoms with van der Waals surface area (Å²) >= 11 is 0. The number of aliphatic hydroxyl groups is 1. The van der Waals surface area contributed by atoms with Gasteiger partial charge in [-0.1, -0.05) is 105 Å². The van der Waals surface area contributed by atoms with Crippen LogP contribution in [0.1, 0.15) is 112 Å². The number of carbonyl (C=O) groups is 6. The van der Waals surface area contributed by atoms with Crippen LogP contribution in [0.4, 0.5) is 19.2 Å². The van der Waals surface area contributed by atoms with Gasteiger partial charge in [-0.15, -0.1) is 0 Å². The average molecular weight is 1160 g/mol. The molecule has 3 aromatic rings. The Hall–Kier alpha value is -6.56. The van der Waals surface area contributed by atoms with Crippen molar-refractivity contribution >= 4 is 36.4 Å². The molecular formula is C61H82N2O20. The fourth-order valence-electron chi connectivity index (χ4n) is 11.8. The SMILES string of the molecule is CC[C@H]1OC(=O)[C@H](C)[C@@H](O[C@H]2C[C@@](C)(OC)[C@@H](OC(=O)OCc3ccccc3)[C@H](C)O2)[C@H](C)[C@@H](O[C@@H]2O[C@H](C)C[C@H](N(C)C(=O)OCc3ccccc3)[C@H]2OC(=O)OCc2ccccc2)[C@](C)(O)C[C@H](C)NC(=O)[C@@H](C)[C@H]2OC(=O)O[C@@]21C. The largest absolute Gasteiger partial charge is 0.509 e. The molecule has 22 nitrogen and oxygen atoms in total. The van der Waals surface area contributed by atoms with Crippen LogP contribution in [0.25, 0.3) is 0 Å². The molecule has 4 heterocycles. The highest BCUT2D eigenvalue weighted by atomic mass is 16.8. The summed E-state index contributed by atoms with van der Waals surface area (Å²) < 4.78 is 79.8. The van der Waals surface area contributed by atoms with Crippen molar-refractivity contribution in [1.82, 2.24) is 10.2 Å². The smallest absolute Gasteiger partial charge is 0.458 e. The van der Waals surface area contributed by atoms with Crippen LogP contribution in [-0.2, 0) is 91.0 Å². The zero-order valence-corrected chi connectivity index (χ0v) is 49.4. The first-order chi connectivity index (χ1) is 39.4. The fraction of sp³-hybridized carbons (Fsp3) is 0.607. The molecule has 4 fully saturated rings. The summed E-state index contributed by atoms with van der Waals surface area (Å²) in [6, 6.07) is 25.3. The van der Waals surface area contributed by atoms with E-state index < -0.39 is 144 Å². The van der Waals surface area contributed by atoms with E-state index in [1.165, 1.54) is 26.0 Å². The lowest BCUT2D eigenvalue weighted by Gasteiger charge is -2.49. The van der Waals surface area contributed by atoms with E-state index in [2.05, 4.69) is 5.32 Å². The van der Waals surface area contributed by atoms with Crippen LogP contribution in [-0.4, -0.2) is 151 Å². The van der Waals surface area contributed by atoms with Crippen LogP contribution in [0, 0.1) is 17.8 Å². The van der Waals surface area contributed by atoms with Gasteiger partial charge in [-0.3, -0.25) is 9.59 Å². The fourth-order valence-corrected chi connectivity index (χ4v) is 11.8. The third kappa shape index (κ3) is 15.8. The molecule has 456 valence electrons. The summed E-state index contributed by atoms with van der Waals surface area (Å²) in [5.74, 6) is -4.83. The first-order valence-corrected chi connectivity index (χ1v) is 28.3. The number of rotatable bonds is 15. The van der Waals surface area contributed by atoms with E-state index in [1.807, 2.05) is 42.5 Å². The van der Waals surface area contributed by atoms with E-state index in [9.17, 15) is 29.1 Å². The summed E-state index contributed by atoms with van der Waals surface area (Å²) in [4.78, 5) is 84.7. The number of cyclic esters (lactones) is 1. The molecule has 0 aliphatic carbocycles. The van der Waals surface area contributed by atoms with Gasteiger partial charge in [0.2, 0.25) is 5.91 Å². The van der Waals surface area contributed by atoms with Crippen molar-refractivity contribution in [3.05, 3.63) is 108 Å². The van der Waals surface area contributed by atoms with Gasteiger partial charge >= 0.3 is 30.5 Å². The minimum absolute atomic E-state index is 0.0510. The number of esters is 1. The Labute approximate surface area is 485 Å². The molecule has 4 saturated heterocycles. The van der Waals surface area contributed by atoms with Gasteiger partial charge in [-0.25, -0.2) is 19.2 Å². The lowest BCUT2D eigenvalue weighted by atomic mass is 9.78. The Morgan fingerprint density at radius 2 is 1.25 bits per heavy atom. The Morgan fingerprint density at radius 1 is 0.699 bits per heavy atom. The molecule has 0 unspecified atom stereocenters. The predicted molar refractivity (Wildman–Crippen MR) is 295 cm³/mol. The predicted octanol–water partition coefficient (Wildman–Crippen LogP) is 8.70. The number of methoxy groups -OCH3 is 1. The summed E-state index contributed by atoms with van der Waals surface area (Å²) in [7, 11) is 2.94. The number of hydrogen-bond donors (Lipinski definition) is 2. The Morgan fingerprint density at radius 3 is 1.81 bits per heavy atom. The van der Waals surface area contributed by atoms with E-state index >= 15 is 4.79 Å². The molecule has 0 aromatic heterocycles. The van der Waals surface area contributed by atoms with Crippen LogP contribution in [0.15, 0.2) is 91.0 Å². The van der Waals surface area contributed by atoms with E-state index in [1.54, 1.807) is 111 Å². The summed E-state index contributed by atoms with van der Waals surface area (Å²) in [6.45, 7) is 16.1. The standard InChI is InChI=1S/C61H82N2O20/c1-13-45-61(10)50(81-58(69)83-61)39(6)52(64)62-35(2)30-59(8,70)49(37(4)47(38(5)53(65)77-45)78-46-31-60(9,71-12)51(40(7)76-46)82-57(68)74-34-43-27-21-16-22-28-43)80-54-48(79-56(67)73-33-42-25-19-15-20-26-42)44(29-36(3)75-54)63(11)55(66)72-32-41-23-17-14-18-24-41/h14-28,35-40,44-51,54,70H,13,29-34H2,1-12H3,(H,62,64)/t35-,36+,37-,38+,39-,40-,44-,45+,46-,47-,48+,49+,50+,51-,54-,59+,60+,61+/m0/s1. The highest BCUT2D eigenvalue weighted by Gasteiger charge is 2.59. The second-order valence-corrected chi connectivity index (χ2v) is 22.9. The zero-order chi connectivity index (χ0) is 60.4. The highest BCUT2D eigenvalue weighted by Crippen LogP contribution is 2.43. The summed E-state index contributed by atoms with van der Waals surface area (Å²) in [6.07, 6.45) is -16.0. The molecule has 18 atom stereocenters. The molecule has 0 bridgehead atoms. The molecule has 4 aliphatic rings. The minimum Gasteiger partial charge on any atom is -0.458 e. The zero-order valence-electron chi connectivity index (χ0n) is 49.4. The van der Waals surface area contributed by atoms with Crippen molar-refractivity contribution in [2.45, 2.75) is 205 Å². The van der Waals surface area contributed by atoms with E-state index in [4.69, 9.17) is 61.6 Å².